The van der Waals surface area contributed by atoms with E-state index in [0.717, 1.165) is 19.3 Å². The number of hydrogen-bond donors (Lipinski definition) is 0. The van der Waals surface area contributed by atoms with Crippen molar-refractivity contribution < 1.29 is 4.79 Å². The zero-order valence-electron chi connectivity index (χ0n) is 4.92. The van der Waals surface area contributed by atoms with Crippen LogP contribution in [0.3, 0.4) is 0 Å². The van der Waals surface area contributed by atoms with Crippen LogP contribution < -0.4 is 0 Å². The Morgan fingerprint density at radius 3 is 2.75 bits per heavy atom. The maximum Gasteiger partial charge on any atom is 0.129 e. The molecule has 2 rings (SSSR count). The van der Waals surface area contributed by atoms with Crippen molar-refractivity contribution in [3.8, 4) is 0 Å². The minimum Gasteiger partial charge on any atom is -0.303 e. The van der Waals surface area contributed by atoms with Crippen molar-refractivity contribution in [2.24, 2.45) is 5.41 Å². The Kier molecular flexibility index (Phi) is 0.553. The van der Waals surface area contributed by atoms with E-state index in [1.54, 1.807) is 0 Å². The van der Waals surface area contributed by atoms with Gasteiger partial charge in [-0.25, -0.2) is 0 Å². The minimum atomic E-state index is 0.148. The fraction of sp³-hybridized carbons (Fsp3) is 0.833. The Labute approximate surface area is 48.5 Å². The van der Waals surface area contributed by atoms with Crippen LogP contribution in [0.5, 0.6) is 0 Å². The second kappa shape index (κ2) is 0.982. The normalized spacial score (nSPS) is 51.9. The Morgan fingerprint density at radius 1 is 1.88 bits per heavy atom. The summed E-state index contributed by atoms with van der Waals surface area (Å²) in [7, 11) is 2.07. The van der Waals surface area contributed by atoms with Gasteiger partial charge in [0.15, 0.2) is 0 Å². The number of fused-ring (bicyclic) bond motifs is 1. The predicted molar refractivity (Wildman–Crippen MR) is 29.5 cm³/mol. The molecule has 2 nitrogen and oxygen atoms in total. The SMILES string of the molecule is CN1CC2(C=O)C[C@@H]12. The third kappa shape index (κ3) is 0.284. The molecule has 1 aliphatic carbocycles. The van der Waals surface area contributed by atoms with E-state index in [9.17, 15) is 4.79 Å². The molecule has 2 atom stereocenters. The molecule has 0 N–H and O–H groups in total. The quantitative estimate of drug-likeness (QED) is 0.440. The third-order valence-corrected chi connectivity index (χ3v) is 2.39. The summed E-state index contributed by atoms with van der Waals surface area (Å²) in [6.45, 7) is 1.00. The van der Waals surface area contributed by atoms with Crippen molar-refractivity contribution in [3.05, 3.63) is 0 Å². The van der Waals surface area contributed by atoms with Crippen LogP contribution in [0.1, 0.15) is 6.42 Å². The molecule has 2 heteroatoms. The minimum absolute atomic E-state index is 0.148. The zero-order valence-corrected chi connectivity index (χ0v) is 4.92. The number of nitrogens with zero attached hydrogens (tertiary/aromatic N) is 1. The summed E-state index contributed by atoms with van der Waals surface area (Å²) < 4.78 is 0. The van der Waals surface area contributed by atoms with Gasteiger partial charge in [0, 0.05) is 12.6 Å². The summed E-state index contributed by atoms with van der Waals surface area (Å²) in [5, 5.41) is 0. The van der Waals surface area contributed by atoms with Crippen molar-refractivity contribution >= 4 is 6.29 Å². The fourth-order valence-electron chi connectivity index (χ4n) is 1.69. The molecular formula is C6H9NO. The smallest absolute Gasteiger partial charge is 0.129 e. The molecular weight excluding hydrogens is 102 g/mol. The second-order valence-electron chi connectivity index (χ2n) is 2.99. The van der Waals surface area contributed by atoms with E-state index < -0.39 is 0 Å². The second-order valence-corrected chi connectivity index (χ2v) is 2.99. The number of hydrogen-bond acceptors (Lipinski definition) is 2. The lowest BCUT2D eigenvalue weighted by atomic mass is 10.0. The highest BCUT2D eigenvalue weighted by molar-refractivity contribution is 5.69. The molecule has 2 aliphatic rings. The summed E-state index contributed by atoms with van der Waals surface area (Å²) in [4.78, 5) is 12.5. The summed E-state index contributed by atoms with van der Waals surface area (Å²) in [5.41, 5.74) is 0.148. The van der Waals surface area contributed by atoms with E-state index in [-0.39, 0.29) is 5.41 Å². The maximum absolute atomic E-state index is 10.3. The summed E-state index contributed by atoms with van der Waals surface area (Å²) in [5.74, 6) is 0. The van der Waals surface area contributed by atoms with Crippen molar-refractivity contribution in [3.63, 3.8) is 0 Å². The molecule has 1 heterocycles. The molecule has 1 saturated heterocycles. The highest BCUT2D eigenvalue weighted by atomic mass is 16.1. The highest BCUT2D eigenvalue weighted by Crippen LogP contribution is 2.56. The van der Waals surface area contributed by atoms with Gasteiger partial charge in [0.2, 0.25) is 0 Å². The van der Waals surface area contributed by atoms with Gasteiger partial charge >= 0.3 is 0 Å². The fourth-order valence-corrected chi connectivity index (χ4v) is 1.69. The van der Waals surface area contributed by atoms with Crippen LogP contribution in [0.2, 0.25) is 0 Å². The van der Waals surface area contributed by atoms with E-state index in [4.69, 9.17) is 0 Å². The lowest BCUT2D eigenvalue weighted by molar-refractivity contribution is -0.116. The third-order valence-electron chi connectivity index (χ3n) is 2.39. The lowest BCUT2D eigenvalue weighted by Gasteiger charge is -2.31. The van der Waals surface area contributed by atoms with E-state index in [2.05, 4.69) is 11.9 Å². The summed E-state index contributed by atoms with van der Waals surface area (Å²) >= 11 is 0. The van der Waals surface area contributed by atoms with Crippen LogP contribution in [-0.4, -0.2) is 30.8 Å². The molecule has 0 amide bonds. The van der Waals surface area contributed by atoms with Gasteiger partial charge in [-0.2, -0.15) is 0 Å². The van der Waals surface area contributed by atoms with E-state index >= 15 is 0 Å². The monoisotopic (exact) mass is 111 g/mol. The molecule has 0 bridgehead atoms. The molecule has 0 radical (unpaired) electrons. The number of carbonyl (C=O) groups is 1. The van der Waals surface area contributed by atoms with Crippen LogP contribution in [-0.2, 0) is 4.79 Å². The van der Waals surface area contributed by atoms with Crippen LogP contribution in [0.4, 0.5) is 0 Å². The Balaban J connectivity index is 2.12. The predicted octanol–water partition coefficient (Wildman–Crippen LogP) is -0.111. The van der Waals surface area contributed by atoms with Gasteiger partial charge < -0.3 is 9.69 Å². The zero-order chi connectivity index (χ0) is 5.78. The van der Waals surface area contributed by atoms with Gasteiger partial charge in [0.1, 0.15) is 6.29 Å². The van der Waals surface area contributed by atoms with Gasteiger partial charge in [-0.15, -0.1) is 0 Å². The first kappa shape index (κ1) is 4.50. The topological polar surface area (TPSA) is 20.3 Å². The van der Waals surface area contributed by atoms with Crippen LogP contribution in [0.25, 0.3) is 0 Å². The van der Waals surface area contributed by atoms with Gasteiger partial charge in [0.05, 0.1) is 5.41 Å². The number of likely N-dealkylation sites (tertiary alicyclic amines) is 1. The molecule has 0 aromatic carbocycles. The van der Waals surface area contributed by atoms with Gasteiger partial charge in [-0.3, -0.25) is 0 Å². The Morgan fingerprint density at radius 2 is 2.62 bits per heavy atom. The molecule has 0 aromatic heterocycles. The Bertz CT molecular complexity index is 145. The van der Waals surface area contributed by atoms with E-state index in [0.29, 0.717) is 6.04 Å². The first-order valence-corrected chi connectivity index (χ1v) is 2.95. The Hall–Kier alpha value is -0.370. The number of carbonyl (C=O) groups excluding carboxylic acids is 1. The van der Waals surface area contributed by atoms with Gasteiger partial charge in [-0.05, 0) is 13.5 Å². The maximum atomic E-state index is 10.3. The standard InChI is InChI=1S/C6H9NO/c1-7-3-6(4-8)2-5(6)7/h4-5H,2-3H2,1H3/t5-,6?/m1/s1. The van der Waals surface area contributed by atoms with Crippen LogP contribution >= 0.6 is 0 Å². The molecule has 1 aliphatic heterocycles. The van der Waals surface area contributed by atoms with Gasteiger partial charge in [0.25, 0.3) is 0 Å². The van der Waals surface area contributed by atoms with Crippen molar-refractivity contribution in [1.29, 1.82) is 0 Å². The summed E-state index contributed by atoms with van der Waals surface area (Å²) in [6, 6.07) is 0.625. The average Bonchev–Trinajstić information content (AvgIpc) is 2.36. The molecule has 1 saturated carbocycles. The largest absolute Gasteiger partial charge is 0.303 e. The van der Waals surface area contributed by atoms with Crippen LogP contribution in [0, 0.1) is 5.41 Å². The molecule has 8 heavy (non-hydrogen) atoms. The van der Waals surface area contributed by atoms with Crippen molar-refractivity contribution in [2.45, 2.75) is 12.5 Å². The van der Waals surface area contributed by atoms with E-state index in [1.807, 2.05) is 0 Å². The number of rotatable bonds is 1. The number of aldehydes is 1. The van der Waals surface area contributed by atoms with Gasteiger partial charge in [-0.1, -0.05) is 0 Å². The molecule has 1 unspecified atom stereocenters. The van der Waals surface area contributed by atoms with Crippen molar-refractivity contribution in [2.75, 3.05) is 13.6 Å². The first-order valence-electron chi connectivity index (χ1n) is 2.95. The summed E-state index contributed by atoms with van der Waals surface area (Å²) in [6.07, 6.45) is 2.24. The molecule has 0 aromatic rings. The van der Waals surface area contributed by atoms with Crippen LogP contribution in [0.15, 0.2) is 0 Å². The average molecular weight is 111 g/mol. The molecule has 44 valence electrons. The van der Waals surface area contributed by atoms with Crippen molar-refractivity contribution in [1.82, 2.24) is 4.90 Å². The highest BCUT2D eigenvalue weighted by Gasteiger charge is 2.65. The molecule has 0 spiro atoms. The molecule has 2 fully saturated rings. The first-order chi connectivity index (χ1) is 3.78. The lowest BCUT2D eigenvalue weighted by Crippen LogP contribution is -2.44. The van der Waals surface area contributed by atoms with E-state index in [1.165, 1.54) is 0 Å².